The van der Waals surface area contributed by atoms with Gasteiger partial charge in [0, 0.05) is 0 Å². The molecule has 0 spiro atoms. The van der Waals surface area contributed by atoms with Gasteiger partial charge in [-0.3, -0.25) is 4.79 Å². The van der Waals surface area contributed by atoms with Gasteiger partial charge in [0.1, 0.15) is 12.3 Å². The Morgan fingerprint density at radius 1 is 1.25 bits per heavy atom. The monoisotopic (exact) mass is 335 g/mol. The smallest absolute Gasteiger partial charge is 0.291 e. The molecule has 1 fully saturated rings. The van der Waals surface area contributed by atoms with Crippen LogP contribution in [0.3, 0.4) is 0 Å². The Bertz CT molecular complexity index is 611. The zero-order chi connectivity index (χ0) is 14.1. The van der Waals surface area contributed by atoms with Gasteiger partial charge in [-0.25, -0.2) is 0 Å². The second-order valence-corrected chi connectivity index (χ2v) is 5.48. The molecule has 3 rings (SSSR count). The molecule has 2 unspecified atom stereocenters. The number of hydrogen-bond donors (Lipinski definition) is 0. The van der Waals surface area contributed by atoms with Crippen LogP contribution < -0.4 is 0 Å². The van der Waals surface area contributed by atoms with Crippen LogP contribution in [0.15, 0.2) is 51.6 Å². The SMILES string of the molecule is CC1OC(c2ccccc2)CN1C(=O)c1ccc(Br)o1. The van der Waals surface area contributed by atoms with E-state index in [9.17, 15) is 4.79 Å². The Labute approximate surface area is 125 Å². The lowest BCUT2D eigenvalue weighted by molar-refractivity contribution is 0.0125. The van der Waals surface area contributed by atoms with Crippen molar-refractivity contribution in [2.75, 3.05) is 6.54 Å². The minimum Gasteiger partial charge on any atom is -0.444 e. The Balaban J connectivity index is 1.77. The maximum atomic E-state index is 12.4. The third-order valence-electron chi connectivity index (χ3n) is 3.38. The molecule has 2 aromatic rings. The van der Waals surface area contributed by atoms with E-state index in [0.29, 0.717) is 17.0 Å². The first kappa shape index (κ1) is 13.4. The number of furan rings is 1. The van der Waals surface area contributed by atoms with Gasteiger partial charge in [0.2, 0.25) is 0 Å². The van der Waals surface area contributed by atoms with Crippen LogP contribution in [0, 0.1) is 0 Å². The van der Waals surface area contributed by atoms with Gasteiger partial charge < -0.3 is 14.1 Å². The van der Waals surface area contributed by atoms with Crippen LogP contribution in [0.25, 0.3) is 0 Å². The first-order valence-corrected chi connectivity index (χ1v) is 7.21. The molecule has 5 heteroatoms. The molecule has 2 heterocycles. The highest BCUT2D eigenvalue weighted by molar-refractivity contribution is 9.10. The minimum absolute atomic E-state index is 0.0893. The second kappa shape index (κ2) is 5.42. The number of rotatable bonds is 2. The van der Waals surface area contributed by atoms with Crippen molar-refractivity contribution in [2.45, 2.75) is 19.3 Å². The number of ether oxygens (including phenoxy) is 1. The fraction of sp³-hybridized carbons (Fsp3) is 0.267. The van der Waals surface area contributed by atoms with Crippen LogP contribution in [0.2, 0.25) is 0 Å². The molecule has 2 atom stereocenters. The number of carbonyl (C=O) groups is 1. The molecule has 1 aromatic heterocycles. The Hall–Kier alpha value is -1.59. The van der Waals surface area contributed by atoms with Gasteiger partial charge >= 0.3 is 0 Å². The zero-order valence-corrected chi connectivity index (χ0v) is 12.5. The first-order chi connectivity index (χ1) is 9.65. The van der Waals surface area contributed by atoms with E-state index in [0.717, 1.165) is 5.56 Å². The van der Waals surface area contributed by atoms with Gasteiger partial charge in [0.25, 0.3) is 5.91 Å². The van der Waals surface area contributed by atoms with Crippen molar-refractivity contribution in [3.8, 4) is 0 Å². The molecule has 1 amide bonds. The lowest BCUT2D eigenvalue weighted by Gasteiger charge is -2.17. The molecule has 1 saturated heterocycles. The molecule has 1 aliphatic heterocycles. The van der Waals surface area contributed by atoms with E-state index in [1.54, 1.807) is 17.0 Å². The highest BCUT2D eigenvalue weighted by Crippen LogP contribution is 2.30. The number of amides is 1. The van der Waals surface area contributed by atoms with E-state index in [-0.39, 0.29) is 18.2 Å². The molecular formula is C15H14BrNO3. The normalized spacial score (nSPS) is 22.2. The lowest BCUT2D eigenvalue weighted by atomic mass is 10.1. The van der Waals surface area contributed by atoms with Crippen molar-refractivity contribution in [1.29, 1.82) is 0 Å². The minimum atomic E-state index is -0.267. The predicted molar refractivity (Wildman–Crippen MR) is 77.2 cm³/mol. The van der Waals surface area contributed by atoms with E-state index in [1.165, 1.54) is 0 Å². The summed E-state index contributed by atoms with van der Waals surface area (Å²) in [5.74, 6) is 0.169. The fourth-order valence-corrected chi connectivity index (χ4v) is 2.66. The average molecular weight is 336 g/mol. The maximum absolute atomic E-state index is 12.4. The second-order valence-electron chi connectivity index (χ2n) is 4.70. The summed E-state index contributed by atoms with van der Waals surface area (Å²) < 4.78 is 11.7. The molecule has 0 N–H and O–H groups in total. The van der Waals surface area contributed by atoms with Crippen molar-refractivity contribution in [3.63, 3.8) is 0 Å². The summed E-state index contributed by atoms with van der Waals surface area (Å²) in [5, 5.41) is 0. The van der Waals surface area contributed by atoms with Crippen LogP contribution >= 0.6 is 15.9 Å². The van der Waals surface area contributed by atoms with E-state index in [4.69, 9.17) is 9.15 Å². The molecule has 0 aliphatic carbocycles. The van der Waals surface area contributed by atoms with Crippen molar-refractivity contribution < 1.29 is 13.9 Å². The topological polar surface area (TPSA) is 42.7 Å². The number of carbonyl (C=O) groups excluding carboxylic acids is 1. The van der Waals surface area contributed by atoms with E-state index in [1.807, 2.05) is 37.3 Å². The maximum Gasteiger partial charge on any atom is 0.291 e. The van der Waals surface area contributed by atoms with Crippen molar-refractivity contribution in [2.24, 2.45) is 0 Å². The Morgan fingerprint density at radius 3 is 2.65 bits per heavy atom. The molecule has 0 bridgehead atoms. The van der Waals surface area contributed by atoms with Gasteiger partial charge in [-0.1, -0.05) is 30.3 Å². The zero-order valence-electron chi connectivity index (χ0n) is 11.0. The van der Waals surface area contributed by atoms with E-state index >= 15 is 0 Å². The summed E-state index contributed by atoms with van der Waals surface area (Å²) in [5.41, 5.74) is 1.08. The first-order valence-electron chi connectivity index (χ1n) is 6.42. The molecule has 1 aromatic carbocycles. The summed E-state index contributed by atoms with van der Waals surface area (Å²) in [7, 11) is 0. The predicted octanol–water partition coefficient (Wildman–Crippen LogP) is 3.60. The van der Waals surface area contributed by atoms with Gasteiger partial charge in [0.15, 0.2) is 10.4 Å². The average Bonchev–Trinajstić information content (AvgIpc) is 3.05. The van der Waals surface area contributed by atoms with E-state index < -0.39 is 0 Å². The van der Waals surface area contributed by atoms with Crippen LogP contribution in [0.5, 0.6) is 0 Å². The third-order valence-corrected chi connectivity index (χ3v) is 3.81. The quantitative estimate of drug-likeness (QED) is 0.842. The number of nitrogens with zero attached hydrogens (tertiary/aromatic N) is 1. The number of hydrogen-bond acceptors (Lipinski definition) is 3. The van der Waals surface area contributed by atoms with Gasteiger partial charge in [-0.2, -0.15) is 0 Å². The summed E-state index contributed by atoms with van der Waals surface area (Å²) >= 11 is 3.20. The summed E-state index contributed by atoms with van der Waals surface area (Å²) in [6.07, 6.45) is -0.356. The van der Waals surface area contributed by atoms with Gasteiger partial charge in [-0.15, -0.1) is 0 Å². The van der Waals surface area contributed by atoms with Gasteiger partial charge in [0.05, 0.1) is 6.54 Å². The van der Waals surface area contributed by atoms with Crippen LogP contribution in [0.1, 0.15) is 29.1 Å². The molecule has 0 radical (unpaired) electrons. The van der Waals surface area contributed by atoms with Crippen LogP contribution in [-0.4, -0.2) is 23.6 Å². The lowest BCUT2D eigenvalue weighted by Crippen LogP contribution is -2.34. The number of halogens is 1. The molecule has 0 saturated carbocycles. The molecule has 104 valence electrons. The van der Waals surface area contributed by atoms with Crippen molar-refractivity contribution in [3.05, 3.63) is 58.5 Å². The Morgan fingerprint density at radius 2 is 2.00 bits per heavy atom. The molecule has 4 nitrogen and oxygen atoms in total. The summed E-state index contributed by atoms with van der Waals surface area (Å²) in [6.45, 7) is 2.40. The van der Waals surface area contributed by atoms with Crippen molar-refractivity contribution >= 4 is 21.8 Å². The highest BCUT2D eigenvalue weighted by atomic mass is 79.9. The number of benzene rings is 1. The summed E-state index contributed by atoms with van der Waals surface area (Å²) in [6, 6.07) is 13.3. The molecule has 1 aliphatic rings. The molecule has 20 heavy (non-hydrogen) atoms. The van der Waals surface area contributed by atoms with Crippen LogP contribution in [-0.2, 0) is 4.74 Å². The molecular weight excluding hydrogens is 322 g/mol. The van der Waals surface area contributed by atoms with Crippen LogP contribution in [0.4, 0.5) is 0 Å². The van der Waals surface area contributed by atoms with Crippen molar-refractivity contribution in [1.82, 2.24) is 4.90 Å². The third kappa shape index (κ3) is 2.51. The summed E-state index contributed by atoms with van der Waals surface area (Å²) in [4.78, 5) is 14.1. The standard InChI is InChI=1S/C15H14BrNO3/c1-10-17(15(18)12-7-8-14(16)20-12)9-13(19-10)11-5-3-2-4-6-11/h2-8,10,13H,9H2,1H3. The fourth-order valence-electron chi connectivity index (χ4n) is 2.35. The Kier molecular flexibility index (Phi) is 3.63. The van der Waals surface area contributed by atoms with Gasteiger partial charge in [-0.05, 0) is 40.5 Å². The highest BCUT2D eigenvalue weighted by Gasteiger charge is 2.35. The largest absolute Gasteiger partial charge is 0.444 e. The van der Waals surface area contributed by atoms with E-state index in [2.05, 4.69) is 15.9 Å².